The molecule has 1 fully saturated rings. The molecule has 1 aliphatic heterocycles. The number of hydrogen-bond donors (Lipinski definition) is 1. The standard InChI is InChI=1S/C24H27N5O/c1-28(2)21-10-8-20(9-11-21)25-24(30)19-14-16-29(17-15-19)23-13-12-22(26-27-23)18-6-4-3-5-7-18/h3-13,19H,14-17H2,1-2H3,(H,25,30). The van der Waals surface area contributed by atoms with Crippen LogP contribution in [0.25, 0.3) is 11.3 Å². The highest BCUT2D eigenvalue weighted by Crippen LogP contribution is 2.25. The fraction of sp³-hybridized carbons (Fsp3) is 0.292. The number of nitrogens with one attached hydrogen (secondary N) is 1. The van der Waals surface area contributed by atoms with E-state index < -0.39 is 0 Å². The maximum Gasteiger partial charge on any atom is 0.227 e. The summed E-state index contributed by atoms with van der Waals surface area (Å²) in [4.78, 5) is 16.9. The van der Waals surface area contributed by atoms with E-state index in [1.54, 1.807) is 0 Å². The van der Waals surface area contributed by atoms with Crippen LogP contribution in [-0.2, 0) is 4.79 Å². The number of rotatable bonds is 5. The minimum Gasteiger partial charge on any atom is -0.378 e. The Balaban J connectivity index is 1.31. The van der Waals surface area contributed by atoms with Crippen molar-refractivity contribution in [1.29, 1.82) is 0 Å². The molecule has 0 atom stereocenters. The van der Waals surface area contributed by atoms with Gasteiger partial charge in [-0.05, 0) is 49.2 Å². The molecule has 1 aromatic heterocycles. The molecule has 2 heterocycles. The van der Waals surface area contributed by atoms with Gasteiger partial charge >= 0.3 is 0 Å². The Morgan fingerprint density at radius 1 is 0.933 bits per heavy atom. The Morgan fingerprint density at radius 2 is 1.63 bits per heavy atom. The van der Waals surface area contributed by atoms with E-state index in [2.05, 4.69) is 20.4 Å². The first-order valence-corrected chi connectivity index (χ1v) is 10.3. The van der Waals surface area contributed by atoms with E-state index in [0.717, 1.165) is 54.4 Å². The van der Waals surface area contributed by atoms with Crippen LogP contribution in [0.2, 0.25) is 0 Å². The second kappa shape index (κ2) is 8.95. The molecule has 1 aliphatic rings. The molecule has 0 saturated carbocycles. The summed E-state index contributed by atoms with van der Waals surface area (Å²) in [7, 11) is 4.00. The highest BCUT2D eigenvalue weighted by Gasteiger charge is 2.26. The molecule has 4 rings (SSSR count). The van der Waals surface area contributed by atoms with Gasteiger partial charge in [0.1, 0.15) is 0 Å². The predicted octanol–water partition coefficient (Wildman–Crippen LogP) is 4.06. The molecular weight excluding hydrogens is 374 g/mol. The van der Waals surface area contributed by atoms with Gasteiger partial charge in [-0.15, -0.1) is 10.2 Å². The van der Waals surface area contributed by atoms with Gasteiger partial charge in [0.2, 0.25) is 5.91 Å². The van der Waals surface area contributed by atoms with Crippen molar-refractivity contribution in [2.24, 2.45) is 5.92 Å². The van der Waals surface area contributed by atoms with Crippen LogP contribution in [0.3, 0.4) is 0 Å². The van der Waals surface area contributed by atoms with Crippen LogP contribution in [-0.4, -0.2) is 43.3 Å². The molecule has 0 aliphatic carbocycles. The van der Waals surface area contributed by atoms with E-state index in [-0.39, 0.29) is 11.8 Å². The monoisotopic (exact) mass is 401 g/mol. The fourth-order valence-electron chi connectivity index (χ4n) is 3.71. The van der Waals surface area contributed by atoms with Crippen molar-refractivity contribution in [3.8, 4) is 11.3 Å². The van der Waals surface area contributed by atoms with Crippen LogP contribution in [0.15, 0.2) is 66.7 Å². The minimum atomic E-state index is 0.0197. The van der Waals surface area contributed by atoms with E-state index in [4.69, 9.17) is 0 Å². The fourth-order valence-corrected chi connectivity index (χ4v) is 3.71. The number of piperidine rings is 1. The molecule has 6 nitrogen and oxygen atoms in total. The smallest absolute Gasteiger partial charge is 0.227 e. The lowest BCUT2D eigenvalue weighted by atomic mass is 9.95. The molecule has 2 aromatic carbocycles. The van der Waals surface area contributed by atoms with Crippen molar-refractivity contribution in [2.75, 3.05) is 42.3 Å². The average Bonchev–Trinajstić information content (AvgIpc) is 2.80. The molecule has 0 radical (unpaired) electrons. The van der Waals surface area contributed by atoms with Gasteiger partial charge in [-0.1, -0.05) is 30.3 Å². The van der Waals surface area contributed by atoms with Gasteiger partial charge in [-0.25, -0.2) is 0 Å². The summed E-state index contributed by atoms with van der Waals surface area (Å²) < 4.78 is 0. The van der Waals surface area contributed by atoms with Crippen molar-refractivity contribution < 1.29 is 4.79 Å². The van der Waals surface area contributed by atoms with Crippen LogP contribution in [0.5, 0.6) is 0 Å². The third kappa shape index (κ3) is 4.59. The Morgan fingerprint density at radius 3 is 2.23 bits per heavy atom. The SMILES string of the molecule is CN(C)c1ccc(NC(=O)C2CCN(c3ccc(-c4ccccc4)nn3)CC2)cc1. The summed E-state index contributed by atoms with van der Waals surface area (Å²) in [6.07, 6.45) is 1.62. The average molecular weight is 402 g/mol. The zero-order valence-electron chi connectivity index (χ0n) is 17.5. The van der Waals surface area contributed by atoms with Gasteiger partial charge in [-0.2, -0.15) is 0 Å². The number of amides is 1. The van der Waals surface area contributed by atoms with E-state index in [0.29, 0.717) is 0 Å². The Labute approximate surface area is 177 Å². The normalized spacial score (nSPS) is 14.4. The number of benzene rings is 2. The van der Waals surface area contributed by atoms with Crippen molar-refractivity contribution in [3.05, 3.63) is 66.7 Å². The summed E-state index contributed by atoms with van der Waals surface area (Å²) in [6, 6.07) is 22.0. The lowest BCUT2D eigenvalue weighted by molar-refractivity contribution is -0.120. The number of hydrogen-bond acceptors (Lipinski definition) is 5. The second-order valence-electron chi connectivity index (χ2n) is 7.83. The number of carbonyl (C=O) groups is 1. The van der Waals surface area contributed by atoms with Gasteiger partial charge in [0, 0.05) is 50.0 Å². The maximum atomic E-state index is 12.7. The van der Waals surface area contributed by atoms with Gasteiger partial charge in [0.05, 0.1) is 5.69 Å². The molecule has 1 amide bonds. The first kappa shape index (κ1) is 19.9. The molecule has 3 aromatic rings. The lowest BCUT2D eigenvalue weighted by Gasteiger charge is -2.31. The lowest BCUT2D eigenvalue weighted by Crippen LogP contribution is -2.38. The summed E-state index contributed by atoms with van der Waals surface area (Å²) in [5.74, 6) is 0.983. The Kier molecular flexibility index (Phi) is 5.93. The van der Waals surface area contributed by atoms with Crippen molar-refractivity contribution in [3.63, 3.8) is 0 Å². The third-order valence-electron chi connectivity index (χ3n) is 5.56. The minimum absolute atomic E-state index is 0.0197. The summed E-state index contributed by atoms with van der Waals surface area (Å²) in [5, 5.41) is 11.8. The maximum absolute atomic E-state index is 12.7. The van der Waals surface area contributed by atoms with Crippen LogP contribution >= 0.6 is 0 Å². The third-order valence-corrected chi connectivity index (χ3v) is 5.56. The van der Waals surface area contributed by atoms with E-state index in [1.807, 2.05) is 85.7 Å². The molecular formula is C24H27N5O. The molecule has 1 saturated heterocycles. The van der Waals surface area contributed by atoms with Gasteiger partial charge in [0.15, 0.2) is 5.82 Å². The zero-order valence-corrected chi connectivity index (χ0v) is 17.5. The van der Waals surface area contributed by atoms with Crippen molar-refractivity contribution in [2.45, 2.75) is 12.8 Å². The molecule has 1 N–H and O–H groups in total. The zero-order chi connectivity index (χ0) is 20.9. The molecule has 30 heavy (non-hydrogen) atoms. The summed E-state index contributed by atoms with van der Waals surface area (Å²) >= 11 is 0. The molecule has 0 spiro atoms. The van der Waals surface area contributed by atoms with Crippen LogP contribution in [0, 0.1) is 5.92 Å². The predicted molar refractivity (Wildman–Crippen MR) is 122 cm³/mol. The highest BCUT2D eigenvalue weighted by molar-refractivity contribution is 5.92. The van der Waals surface area contributed by atoms with Gasteiger partial charge in [0.25, 0.3) is 0 Å². The largest absolute Gasteiger partial charge is 0.378 e. The molecule has 6 heteroatoms. The van der Waals surface area contributed by atoms with Crippen molar-refractivity contribution >= 4 is 23.1 Å². The van der Waals surface area contributed by atoms with Crippen molar-refractivity contribution in [1.82, 2.24) is 10.2 Å². The van der Waals surface area contributed by atoms with Crippen LogP contribution < -0.4 is 15.1 Å². The molecule has 0 bridgehead atoms. The Bertz CT molecular complexity index is 963. The highest BCUT2D eigenvalue weighted by atomic mass is 16.1. The Hall–Kier alpha value is -3.41. The topological polar surface area (TPSA) is 61.4 Å². The first-order valence-electron chi connectivity index (χ1n) is 10.3. The van der Waals surface area contributed by atoms with Gasteiger partial charge < -0.3 is 15.1 Å². The van der Waals surface area contributed by atoms with Crippen LogP contribution in [0.1, 0.15) is 12.8 Å². The first-order chi connectivity index (χ1) is 14.6. The number of carbonyl (C=O) groups excluding carboxylic acids is 1. The quantitative estimate of drug-likeness (QED) is 0.698. The molecule has 0 unspecified atom stereocenters. The summed E-state index contributed by atoms with van der Waals surface area (Å²) in [6.45, 7) is 1.61. The number of anilines is 3. The second-order valence-corrected chi connectivity index (χ2v) is 7.83. The van der Waals surface area contributed by atoms with E-state index >= 15 is 0 Å². The van der Waals surface area contributed by atoms with Crippen LogP contribution in [0.4, 0.5) is 17.2 Å². The van der Waals surface area contributed by atoms with Gasteiger partial charge in [-0.3, -0.25) is 4.79 Å². The van der Waals surface area contributed by atoms with E-state index in [1.165, 1.54) is 0 Å². The summed E-state index contributed by atoms with van der Waals surface area (Å²) in [5.41, 5.74) is 3.88. The number of nitrogens with zero attached hydrogens (tertiary/aromatic N) is 4. The number of aromatic nitrogens is 2. The van der Waals surface area contributed by atoms with E-state index in [9.17, 15) is 4.79 Å². The molecule has 154 valence electrons.